The van der Waals surface area contributed by atoms with Gasteiger partial charge >= 0.3 is 0 Å². The first-order valence-electron chi connectivity index (χ1n) is 9.49. The van der Waals surface area contributed by atoms with Gasteiger partial charge in [-0.2, -0.15) is 0 Å². The number of likely N-dealkylation sites (tertiary alicyclic amines) is 1. The Balaban J connectivity index is 1.31. The van der Waals surface area contributed by atoms with Crippen LogP contribution >= 0.6 is 0 Å². The van der Waals surface area contributed by atoms with Gasteiger partial charge in [0.15, 0.2) is 0 Å². The second-order valence-corrected chi connectivity index (χ2v) is 7.71. The largest absolute Gasteiger partial charge is 0.385 e. The first kappa shape index (κ1) is 17.2. The van der Waals surface area contributed by atoms with Crippen molar-refractivity contribution in [1.82, 2.24) is 15.5 Å². The van der Waals surface area contributed by atoms with Gasteiger partial charge in [-0.1, -0.05) is 0 Å². The minimum absolute atomic E-state index is 0.286. The van der Waals surface area contributed by atoms with Gasteiger partial charge in [0, 0.05) is 57.9 Å². The summed E-state index contributed by atoms with van der Waals surface area (Å²) in [4.78, 5) is 14.8. The highest BCUT2D eigenvalue weighted by Gasteiger charge is 2.34. The van der Waals surface area contributed by atoms with E-state index < -0.39 is 0 Å². The SMILES string of the molecule is COCCCN1CCC(NC(=O)CC2CC3CCC(C2)N3)CC1. The van der Waals surface area contributed by atoms with Crippen LogP contribution in [-0.2, 0) is 9.53 Å². The summed E-state index contributed by atoms with van der Waals surface area (Å²) < 4.78 is 5.11. The van der Waals surface area contributed by atoms with Gasteiger partial charge in [0.2, 0.25) is 5.91 Å². The maximum Gasteiger partial charge on any atom is 0.220 e. The molecule has 2 bridgehead atoms. The number of fused-ring (bicyclic) bond motifs is 2. The predicted molar refractivity (Wildman–Crippen MR) is 91.4 cm³/mol. The lowest BCUT2D eigenvalue weighted by molar-refractivity contribution is -0.123. The molecule has 0 aliphatic carbocycles. The zero-order valence-corrected chi connectivity index (χ0v) is 14.6. The van der Waals surface area contributed by atoms with E-state index in [1.807, 2.05) is 0 Å². The molecule has 0 aromatic rings. The number of nitrogens with zero attached hydrogens (tertiary/aromatic N) is 1. The van der Waals surface area contributed by atoms with Crippen LogP contribution in [0.15, 0.2) is 0 Å². The number of carbonyl (C=O) groups is 1. The Labute approximate surface area is 140 Å². The topological polar surface area (TPSA) is 53.6 Å². The average molecular weight is 323 g/mol. The molecule has 2 atom stereocenters. The lowest BCUT2D eigenvalue weighted by Gasteiger charge is -2.33. The third-order valence-corrected chi connectivity index (χ3v) is 5.82. The molecule has 23 heavy (non-hydrogen) atoms. The number of nitrogens with one attached hydrogen (secondary N) is 2. The van der Waals surface area contributed by atoms with E-state index >= 15 is 0 Å². The maximum absolute atomic E-state index is 12.3. The van der Waals surface area contributed by atoms with E-state index in [2.05, 4.69) is 15.5 Å². The smallest absolute Gasteiger partial charge is 0.220 e. The molecule has 3 saturated heterocycles. The van der Waals surface area contributed by atoms with Crippen molar-refractivity contribution >= 4 is 5.91 Å². The quantitative estimate of drug-likeness (QED) is 0.698. The van der Waals surface area contributed by atoms with Crippen molar-refractivity contribution in [3.05, 3.63) is 0 Å². The molecule has 0 saturated carbocycles. The second-order valence-electron chi connectivity index (χ2n) is 7.71. The molecule has 3 aliphatic heterocycles. The summed E-state index contributed by atoms with van der Waals surface area (Å²) in [5, 5.41) is 6.95. The minimum atomic E-state index is 0.286. The molecule has 2 N–H and O–H groups in total. The first-order valence-corrected chi connectivity index (χ1v) is 9.49. The van der Waals surface area contributed by atoms with Crippen molar-refractivity contribution in [3.8, 4) is 0 Å². The zero-order valence-electron chi connectivity index (χ0n) is 14.6. The van der Waals surface area contributed by atoms with Gasteiger partial charge in [-0.25, -0.2) is 0 Å². The Morgan fingerprint density at radius 1 is 1.17 bits per heavy atom. The summed E-state index contributed by atoms with van der Waals surface area (Å²) in [5.74, 6) is 0.886. The van der Waals surface area contributed by atoms with Gasteiger partial charge < -0.3 is 20.3 Å². The van der Waals surface area contributed by atoms with Gasteiger partial charge in [-0.3, -0.25) is 4.79 Å². The van der Waals surface area contributed by atoms with E-state index in [0.29, 0.717) is 24.0 Å². The van der Waals surface area contributed by atoms with Gasteiger partial charge in [-0.15, -0.1) is 0 Å². The van der Waals surface area contributed by atoms with Crippen molar-refractivity contribution < 1.29 is 9.53 Å². The van der Waals surface area contributed by atoms with Crippen LogP contribution in [0.25, 0.3) is 0 Å². The van der Waals surface area contributed by atoms with Crippen LogP contribution in [0.1, 0.15) is 51.4 Å². The Morgan fingerprint density at radius 3 is 2.52 bits per heavy atom. The van der Waals surface area contributed by atoms with Crippen LogP contribution in [0, 0.1) is 5.92 Å². The van der Waals surface area contributed by atoms with E-state index in [0.717, 1.165) is 51.9 Å². The van der Waals surface area contributed by atoms with Crippen molar-refractivity contribution in [2.24, 2.45) is 5.92 Å². The van der Waals surface area contributed by atoms with Crippen LogP contribution in [0.5, 0.6) is 0 Å². The van der Waals surface area contributed by atoms with E-state index in [1.165, 1.54) is 25.7 Å². The maximum atomic E-state index is 12.3. The Hall–Kier alpha value is -0.650. The molecule has 132 valence electrons. The summed E-state index contributed by atoms with van der Waals surface area (Å²) in [6.07, 6.45) is 9.04. The molecule has 0 aromatic heterocycles. The van der Waals surface area contributed by atoms with Crippen LogP contribution in [-0.4, -0.2) is 62.3 Å². The zero-order chi connectivity index (χ0) is 16.1. The Kier molecular flexibility index (Phi) is 6.31. The van der Waals surface area contributed by atoms with E-state index in [1.54, 1.807) is 7.11 Å². The van der Waals surface area contributed by atoms with E-state index in [-0.39, 0.29) is 5.91 Å². The highest BCUT2D eigenvalue weighted by Crippen LogP contribution is 2.32. The second kappa shape index (κ2) is 8.45. The minimum Gasteiger partial charge on any atom is -0.385 e. The fraction of sp³-hybridized carbons (Fsp3) is 0.944. The number of piperidine rings is 2. The van der Waals surface area contributed by atoms with E-state index in [9.17, 15) is 4.79 Å². The lowest BCUT2D eigenvalue weighted by atomic mass is 9.89. The number of methoxy groups -OCH3 is 1. The van der Waals surface area contributed by atoms with Crippen LogP contribution < -0.4 is 10.6 Å². The number of hydrogen-bond donors (Lipinski definition) is 2. The van der Waals surface area contributed by atoms with Gasteiger partial charge in [0.05, 0.1) is 0 Å². The van der Waals surface area contributed by atoms with Crippen LogP contribution in [0.2, 0.25) is 0 Å². The fourth-order valence-electron chi connectivity index (χ4n) is 4.62. The molecule has 1 amide bonds. The standard InChI is InChI=1S/C18H33N3O2/c1-23-10-2-7-21-8-5-15(6-9-21)20-18(22)13-14-11-16-3-4-17(12-14)19-16/h14-17,19H,2-13H2,1H3,(H,20,22). The van der Waals surface area contributed by atoms with Crippen molar-refractivity contribution in [1.29, 1.82) is 0 Å². The van der Waals surface area contributed by atoms with Crippen LogP contribution in [0.4, 0.5) is 0 Å². The summed E-state index contributed by atoms with van der Waals surface area (Å²) in [5.41, 5.74) is 0. The third kappa shape index (κ3) is 5.16. The molecule has 5 heteroatoms. The molecule has 3 rings (SSSR count). The molecule has 0 radical (unpaired) electrons. The molecular formula is C18H33N3O2. The van der Waals surface area contributed by atoms with Crippen molar-refractivity contribution in [3.63, 3.8) is 0 Å². The Bertz CT molecular complexity index is 370. The highest BCUT2D eigenvalue weighted by molar-refractivity contribution is 5.76. The summed E-state index contributed by atoms with van der Waals surface area (Å²) in [6, 6.07) is 1.75. The van der Waals surface area contributed by atoms with Crippen LogP contribution in [0.3, 0.4) is 0 Å². The Morgan fingerprint density at radius 2 is 1.87 bits per heavy atom. The van der Waals surface area contributed by atoms with E-state index in [4.69, 9.17) is 4.74 Å². The third-order valence-electron chi connectivity index (χ3n) is 5.82. The fourth-order valence-corrected chi connectivity index (χ4v) is 4.62. The summed E-state index contributed by atoms with van der Waals surface area (Å²) >= 11 is 0. The molecule has 3 fully saturated rings. The predicted octanol–water partition coefficient (Wildman–Crippen LogP) is 1.52. The highest BCUT2D eigenvalue weighted by atomic mass is 16.5. The number of carbonyl (C=O) groups excluding carboxylic acids is 1. The first-order chi connectivity index (χ1) is 11.2. The normalized spacial score (nSPS) is 32.1. The van der Waals surface area contributed by atoms with Gasteiger partial charge in [-0.05, 0) is 50.9 Å². The molecular weight excluding hydrogens is 290 g/mol. The van der Waals surface area contributed by atoms with Crippen molar-refractivity contribution in [2.45, 2.75) is 69.5 Å². The summed E-state index contributed by atoms with van der Waals surface area (Å²) in [6.45, 7) is 4.17. The molecule has 0 spiro atoms. The molecule has 3 heterocycles. The van der Waals surface area contributed by atoms with Gasteiger partial charge in [0.1, 0.15) is 0 Å². The average Bonchev–Trinajstić information content (AvgIpc) is 2.88. The number of rotatable bonds is 7. The number of amides is 1. The van der Waals surface area contributed by atoms with Gasteiger partial charge in [0.25, 0.3) is 0 Å². The number of ether oxygens (including phenoxy) is 1. The molecule has 2 unspecified atom stereocenters. The monoisotopic (exact) mass is 323 g/mol. The number of hydrogen-bond acceptors (Lipinski definition) is 4. The molecule has 5 nitrogen and oxygen atoms in total. The molecule has 0 aromatic carbocycles. The summed E-state index contributed by atoms with van der Waals surface area (Å²) in [7, 11) is 1.76. The molecule has 3 aliphatic rings. The van der Waals surface area contributed by atoms with Crippen molar-refractivity contribution in [2.75, 3.05) is 33.4 Å². The lowest BCUT2D eigenvalue weighted by Crippen LogP contribution is -2.46.